The lowest BCUT2D eigenvalue weighted by Crippen LogP contribution is -2.38. The van der Waals surface area contributed by atoms with Crippen molar-refractivity contribution in [3.63, 3.8) is 0 Å². The molecular formula is C25H33N3O4S. The van der Waals surface area contributed by atoms with E-state index in [4.69, 9.17) is 19.2 Å². The molecule has 1 aromatic heterocycles. The van der Waals surface area contributed by atoms with Crippen LogP contribution in [0.4, 0.5) is 5.13 Å². The maximum atomic E-state index is 13.8. The average Bonchev–Trinajstić information content (AvgIpc) is 3.28. The van der Waals surface area contributed by atoms with E-state index in [0.29, 0.717) is 34.5 Å². The van der Waals surface area contributed by atoms with Crippen LogP contribution in [0.15, 0.2) is 30.3 Å². The smallest absolute Gasteiger partial charge is 0.260 e. The molecule has 1 amide bonds. The highest BCUT2D eigenvalue weighted by atomic mass is 32.1. The van der Waals surface area contributed by atoms with Crippen molar-refractivity contribution in [3.8, 4) is 17.2 Å². The Bertz CT molecular complexity index is 1070. The fourth-order valence-electron chi connectivity index (χ4n) is 3.72. The van der Waals surface area contributed by atoms with Gasteiger partial charge in [0.25, 0.3) is 5.91 Å². The summed E-state index contributed by atoms with van der Waals surface area (Å²) in [5.74, 6) is 1.19. The first-order chi connectivity index (χ1) is 16.0. The van der Waals surface area contributed by atoms with Gasteiger partial charge in [-0.25, -0.2) is 4.98 Å². The average molecular weight is 472 g/mol. The minimum absolute atomic E-state index is 0.156. The molecule has 0 radical (unpaired) electrons. The zero-order chi connectivity index (χ0) is 24.0. The van der Waals surface area contributed by atoms with E-state index in [1.807, 2.05) is 6.07 Å². The second-order valence-electron chi connectivity index (χ2n) is 7.55. The van der Waals surface area contributed by atoms with E-state index < -0.39 is 0 Å². The van der Waals surface area contributed by atoms with Crippen molar-refractivity contribution in [2.24, 2.45) is 0 Å². The summed E-state index contributed by atoms with van der Waals surface area (Å²) in [7, 11) is 4.63. The lowest BCUT2D eigenvalue weighted by atomic mass is 10.1. The Morgan fingerprint density at radius 2 is 1.61 bits per heavy atom. The number of likely N-dealkylation sites (N-methyl/N-ethyl adjacent to an activating group) is 1. The van der Waals surface area contributed by atoms with Crippen LogP contribution in [0.3, 0.4) is 0 Å². The van der Waals surface area contributed by atoms with Crippen LogP contribution < -0.4 is 19.1 Å². The summed E-state index contributed by atoms with van der Waals surface area (Å²) in [4.78, 5) is 22.6. The summed E-state index contributed by atoms with van der Waals surface area (Å²) < 4.78 is 17.4. The van der Waals surface area contributed by atoms with Gasteiger partial charge >= 0.3 is 0 Å². The van der Waals surface area contributed by atoms with Gasteiger partial charge in [0.05, 0.1) is 31.5 Å². The number of aryl methyl sites for hydroxylation is 1. The number of aromatic nitrogens is 1. The number of anilines is 1. The molecule has 0 bridgehead atoms. The molecule has 0 fully saturated rings. The minimum atomic E-state index is -0.156. The summed E-state index contributed by atoms with van der Waals surface area (Å²) in [6, 6.07) is 9.66. The Labute approximate surface area is 199 Å². The molecule has 3 rings (SSSR count). The molecule has 7 nitrogen and oxygen atoms in total. The zero-order valence-electron chi connectivity index (χ0n) is 20.3. The first-order valence-corrected chi connectivity index (χ1v) is 12.0. The van der Waals surface area contributed by atoms with Gasteiger partial charge < -0.3 is 19.1 Å². The molecule has 3 aromatic rings. The maximum absolute atomic E-state index is 13.8. The van der Waals surface area contributed by atoms with E-state index in [-0.39, 0.29) is 5.91 Å². The highest BCUT2D eigenvalue weighted by Gasteiger charge is 2.25. The van der Waals surface area contributed by atoms with Crippen LogP contribution >= 0.6 is 11.3 Å². The van der Waals surface area contributed by atoms with Crippen LogP contribution in [-0.2, 0) is 6.42 Å². The van der Waals surface area contributed by atoms with Crippen LogP contribution in [0, 0.1) is 0 Å². The van der Waals surface area contributed by atoms with Crippen LogP contribution in [0.5, 0.6) is 17.2 Å². The second kappa shape index (κ2) is 11.3. The third-order valence-corrected chi connectivity index (χ3v) is 6.81. The third kappa shape index (κ3) is 5.39. The molecule has 8 heteroatoms. The van der Waals surface area contributed by atoms with Crippen molar-refractivity contribution < 1.29 is 19.0 Å². The van der Waals surface area contributed by atoms with Gasteiger partial charge in [-0.05, 0) is 49.3 Å². The van der Waals surface area contributed by atoms with Gasteiger partial charge in [-0.15, -0.1) is 0 Å². The molecule has 2 aromatic carbocycles. The van der Waals surface area contributed by atoms with Crippen molar-refractivity contribution in [1.82, 2.24) is 9.88 Å². The topological polar surface area (TPSA) is 64.1 Å². The van der Waals surface area contributed by atoms with Crippen LogP contribution in [0.2, 0.25) is 0 Å². The van der Waals surface area contributed by atoms with E-state index in [2.05, 4.69) is 37.8 Å². The summed E-state index contributed by atoms with van der Waals surface area (Å²) in [5.41, 5.74) is 2.61. The van der Waals surface area contributed by atoms with Crippen molar-refractivity contribution in [3.05, 3.63) is 41.5 Å². The molecule has 33 heavy (non-hydrogen) atoms. The zero-order valence-corrected chi connectivity index (χ0v) is 21.1. The molecular weight excluding hydrogens is 438 g/mol. The molecule has 0 aliphatic heterocycles. The largest absolute Gasteiger partial charge is 0.493 e. The number of fused-ring (bicyclic) bond motifs is 1. The van der Waals surface area contributed by atoms with Gasteiger partial charge in [-0.1, -0.05) is 38.2 Å². The molecule has 0 N–H and O–H groups in total. The van der Waals surface area contributed by atoms with Gasteiger partial charge in [-0.3, -0.25) is 9.69 Å². The van der Waals surface area contributed by atoms with Crippen molar-refractivity contribution in [2.75, 3.05) is 52.4 Å². The van der Waals surface area contributed by atoms with Crippen LogP contribution in [0.1, 0.15) is 36.7 Å². The lowest BCUT2D eigenvalue weighted by molar-refractivity contribution is 0.0983. The fourth-order valence-corrected chi connectivity index (χ4v) is 4.77. The number of thiazole rings is 1. The third-order valence-electron chi connectivity index (χ3n) is 5.77. The Hall–Kier alpha value is -2.84. The van der Waals surface area contributed by atoms with Gasteiger partial charge in [0, 0.05) is 18.7 Å². The number of rotatable bonds is 11. The number of benzene rings is 2. The number of methoxy groups -OCH3 is 3. The second-order valence-corrected chi connectivity index (χ2v) is 8.56. The number of nitrogens with zero attached hydrogens (tertiary/aromatic N) is 3. The summed E-state index contributed by atoms with van der Waals surface area (Å²) in [6.07, 6.45) is 0.958. The lowest BCUT2D eigenvalue weighted by Gasteiger charge is -2.25. The Morgan fingerprint density at radius 3 is 2.15 bits per heavy atom. The van der Waals surface area contributed by atoms with E-state index in [9.17, 15) is 4.79 Å². The highest BCUT2D eigenvalue weighted by Crippen LogP contribution is 2.39. The van der Waals surface area contributed by atoms with Crippen molar-refractivity contribution in [2.45, 2.75) is 27.2 Å². The minimum Gasteiger partial charge on any atom is -0.493 e. The van der Waals surface area contributed by atoms with Crippen molar-refractivity contribution in [1.29, 1.82) is 0 Å². The molecule has 0 aliphatic carbocycles. The standard InChI is InChI=1S/C25H33N3O4S/c1-7-17-10-11-19-22(14-17)33-25(26-19)28(13-12-27(8-2)9-3)24(29)18-15-20(30-4)23(32-6)21(16-18)31-5/h10-11,14-16H,7-9,12-13H2,1-6H3. The molecule has 0 saturated heterocycles. The number of ether oxygens (including phenoxy) is 3. The molecule has 178 valence electrons. The first-order valence-electron chi connectivity index (χ1n) is 11.2. The molecule has 0 aliphatic rings. The van der Waals surface area contributed by atoms with Crippen LogP contribution in [0.25, 0.3) is 10.2 Å². The van der Waals surface area contributed by atoms with Crippen molar-refractivity contribution >= 4 is 32.6 Å². The SMILES string of the molecule is CCc1ccc2nc(N(CCN(CC)CC)C(=O)c3cc(OC)c(OC)c(OC)c3)sc2c1. The summed E-state index contributed by atoms with van der Waals surface area (Å²) in [5, 5.41) is 0.684. The number of amides is 1. The quantitative estimate of drug-likeness (QED) is 0.397. The van der Waals surface area contributed by atoms with E-state index in [1.54, 1.807) is 49.7 Å². The highest BCUT2D eigenvalue weighted by molar-refractivity contribution is 7.22. The molecule has 0 saturated carbocycles. The van der Waals surface area contributed by atoms with E-state index >= 15 is 0 Å². The molecule has 0 atom stereocenters. The first kappa shape index (κ1) is 24.8. The van der Waals surface area contributed by atoms with Gasteiger partial charge in [0.2, 0.25) is 5.75 Å². The van der Waals surface area contributed by atoms with Gasteiger partial charge in [0.15, 0.2) is 16.6 Å². The molecule has 0 unspecified atom stereocenters. The summed E-state index contributed by atoms with van der Waals surface area (Å²) >= 11 is 1.54. The molecule has 1 heterocycles. The molecule has 0 spiro atoms. The number of hydrogen-bond donors (Lipinski definition) is 0. The Kier molecular flexibility index (Phi) is 8.52. The summed E-state index contributed by atoms with van der Waals surface area (Å²) in [6.45, 7) is 9.49. The number of carbonyl (C=O) groups is 1. The van der Waals surface area contributed by atoms with Gasteiger partial charge in [-0.2, -0.15) is 0 Å². The predicted octanol–water partition coefficient (Wildman–Crippen LogP) is 4.87. The number of carbonyl (C=O) groups excluding carboxylic acids is 1. The number of hydrogen-bond acceptors (Lipinski definition) is 7. The fraction of sp³-hybridized carbons (Fsp3) is 0.440. The normalized spacial score (nSPS) is 11.1. The van der Waals surface area contributed by atoms with Crippen LogP contribution in [-0.4, -0.2) is 63.3 Å². The van der Waals surface area contributed by atoms with E-state index in [1.165, 1.54) is 5.56 Å². The predicted molar refractivity (Wildman–Crippen MR) is 135 cm³/mol. The Morgan fingerprint density at radius 1 is 0.939 bits per heavy atom. The monoisotopic (exact) mass is 471 g/mol. The van der Waals surface area contributed by atoms with E-state index in [0.717, 1.165) is 36.3 Å². The Balaban J connectivity index is 2.05. The maximum Gasteiger partial charge on any atom is 0.260 e. The van der Waals surface area contributed by atoms with Gasteiger partial charge in [0.1, 0.15) is 0 Å².